The molecule has 1 heterocycles. The molecule has 1 saturated carbocycles. The van der Waals surface area contributed by atoms with Crippen LogP contribution >= 0.6 is 0 Å². The Morgan fingerprint density at radius 3 is 2.47 bits per heavy atom. The first-order chi connectivity index (χ1) is 9.16. The van der Waals surface area contributed by atoms with Gasteiger partial charge in [-0.25, -0.2) is 4.98 Å². The molecule has 98 valence electrons. The third-order valence-corrected chi connectivity index (χ3v) is 3.81. The highest BCUT2D eigenvalue weighted by Gasteiger charge is 2.24. The summed E-state index contributed by atoms with van der Waals surface area (Å²) in [5, 5.41) is 10.5. The van der Waals surface area contributed by atoms with Crippen LogP contribution in [0.3, 0.4) is 0 Å². The summed E-state index contributed by atoms with van der Waals surface area (Å²) in [7, 11) is 0. The van der Waals surface area contributed by atoms with Crippen LogP contribution in [0.1, 0.15) is 47.1 Å². The molecule has 0 aliphatic heterocycles. The standard InChI is InChI=1S/C16H18N2O/c1-10-8-9-18-16(17)14(10)15(19)13-6-4-12(5-7-13)11-2-3-11/h4-9,11,15,19H,2-3H2,1H3,(H2,17,18). The molecule has 1 fully saturated rings. The lowest BCUT2D eigenvalue weighted by atomic mass is 9.97. The first kappa shape index (κ1) is 12.2. The van der Waals surface area contributed by atoms with Crippen molar-refractivity contribution in [2.45, 2.75) is 31.8 Å². The van der Waals surface area contributed by atoms with Crippen LogP contribution in [0, 0.1) is 6.92 Å². The van der Waals surface area contributed by atoms with Crippen LogP contribution in [0.2, 0.25) is 0 Å². The van der Waals surface area contributed by atoms with E-state index < -0.39 is 6.10 Å². The van der Waals surface area contributed by atoms with Crippen LogP contribution in [0.25, 0.3) is 0 Å². The SMILES string of the molecule is Cc1ccnc(N)c1C(O)c1ccc(C2CC2)cc1. The molecule has 0 amide bonds. The van der Waals surface area contributed by atoms with E-state index in [9.17, 15) is 5.11 Å². The number of pyridine rings is 1. The molecule has 3 N–H and O–H groups in total. The molecule has 3 rings (SSSR count). The minimum atomic E-state index is -0.707. The van der Waals surface area contributed by atoms with Gasteiger partial charge >= 0.3 is 0 Å². The minimum absolute atomic E-state index is 0.402. The summed E-state index contributed by atoms with van der Waals surface area (Å²) in [6.07, 6.45) is 3.53. The largest absolute Gasteiger partial charge is 0.384 e. The van der Waals surface area contributed by atoms with E-state index in [2.05, 4.69) is 17.1 Å². The summed E-state index contributed by atoms with van der Waals surface area (Å²) in [4.78, 5) is 4.06. The molecule has 0 bridgehead atoms. The fourth-order valence-electron chi connectivity index (χ4n) is 2.48. The maximum atomic E-state index is 10.5. The summed E-state index contributed by atoms with van der Waals surface area (Å²) in [5.41, 5.74) is 9.79. The predicted octanol–water partition coefficient (Wildman–Crippen LogP) is 2.93. The molecular weight excluding hydrogens is 236 g/mol. The average Bonchev–Trinajstić information content (AvgIpc) is 3.23. The second-order valence-corrected chi connectivity index (χ2v) is 5.27. The maximum Gasteiger partial charge on any atom is 0.129 e. The van der Waals surface area contributed by atoms with E-state index in [4.69, 9.17) is 5.73 Å². The van der Waals surface area contributed by atoms with Gasteiger partial charge in [-0.1, -0.05) is 24.3 Å². The van der Waals surface area contributed by atoms with Crippen molar-refractivity contribution in [2.75, 3.05) is 5.73 Å². The zero-order valence-electron chi connectivity index (χ0n) is 11.0. The Bertz CT molecular complexity index is 568. The van der Waals surface area contributed by atoms with E-state index in [1.165, 1.54) is 18.4 Å². The Morgan fingerprint density at radius 2 is 1.89 bits per heavy atom. The van der Waals surface area contributed by atoms with Gasteiger partial charge in [-0.3, -0.25) is 0 Å². The van der Waals surface area contributed by atoms with Gasteiger partial charge in [-0.15, -0.1) is 0 Å². The Morgan fingerprint density at radius 1 is 1.21 bits per heavy atom. The number of nitrogens with zero attached hydrogens (tertiary/aromatic N) is 1. The van der Waals surface area contributed by atoms with Crippen molar-refractivity contribution in [3.8, 4) is 0 Å². The third kappa shape index (κ3) is 2.34. The predicted molar refractivity (Wildman–Crippen MR) is 75.9 cm³/mol. The molecule has 1 aliphatic carbocycles. The van der Waals surface area contributed by atoms with Crippen LogP contribution in [-0.4, -0.2) is 10.1 Å². The minimum Gasteiger partial charge on any atom is -0.384 e. The lowest BCUT2D eigenvalue weighted by Gasteiger charge is -2.16. The monoisotopic (exact) mass is 254 g/mol. The van der Waals surface area contributed by atoms with E-state index in [0.29, 0.717) is 11.4 Å². The number of nitrogens with two attached hydrogens (primary N) is 1. The number of rotatable bonds is 3. The molecule has 1 aliphatic rings. The van der Waals surface area contributed by atoms with E-state index in [1.54, 1.807) is 6.20 Å². The zero-order chi connectivity index (χ0) is 13.4. The molecule has 0 spiro atoms. The molecule has 3 nitrogen and oxygen atoms in total. The fraction of sp³-hybridized carbons (Fsp3) is 0.312. The van der Waals surface area contributed by atoms with Crippen LogP contribution < -0.4 is 5.73 Å². The number of benzene rings is 1. The highest BCUT2D eigenvalue weighted by atomic mass is 16.3. The van der Waals surface area contributed by atoms with E-state index in [-0.39, 0.29) is 0 Å². The summed E-state index contributed by atoms with van der Waals surface area (Å²) < 4.78 is 0. The number of aliphatic hydroxyl groups excluding tert-OH is 1. The molecule has 1 unspecified atom stereocenters. The van der Waals surface area contributed by atoms with E-state index in [1.807, 2.05) is 25.1 Å². The van der Waals surface area contributed by atoms with Crippen LogP contribution in [-0.2, 0) is 0 Å². The number of aromatic nitrogens is 1. The molecule has 1 atom stereocenters. The van der Waals surface area contributed by atoms with Crippen molar-refractivity contribution in [2.24, 2.45) is 0 Å². The zero-order valence-corrected chi connectivity index (χ0v) is 11.0. The number of hydrogen-bond acceptors (Lipinski definition) is 3. The summed E-state index contributed by atoms with van der Waals surface area (Å²) in [6, 6.07) is 10.1. The number of anilines is 1. The highest BCUT2D eigenvalue weighted by molar-refractivity contribution is 5.49. The Labute approximate surface area is 113 Å². The third-order valence-electron chi connectivity index (χ3n) is 3.81. The molecule has 2 aromatic rings. The van der Waals surface area contributed by atoms with E-state index in [0.717, 1.165) is 17.0 Å². The second kappa shape index (κ2) is 4.67. The normalized spacial score (nSPS) is 16.3. The van der Waals surface area contributed by atoms with Gasteiger partial charge in [0.2, 0.25) is 0 Å². The Hall–Kier alpha value is -1.87. The van der Waals surface area contributed by atoms with Crippen molar-refractivity contribution < 1.29 is 5.11 Å². The Balaban J connectivity index is 1.92. The summed E-state index contributed by atoms with van der Waals surface area (Å²) in [5.74, 6) is 1.13. The average molecular weight is 254 g/mol. The maximum absolute atomic E-state index is 10.5. The highest BCUT2D eigenvalue weighted by Crippen LogP contribution is 2.40. The summed E-state index contributed by atoms with van der Waals surface area (Å²) >= 11 is 0. The van der Waals surface area contributed by atoms with Gasteiger partial charge in [0.25, 0.3) is 0 Å². The van der Waals surface area contributed by atoms with E-state index >= 15 is 0 Å². The number of hydrogen-bond donors (Lipinski definition) is 2. The molecule has 0 saturated heterocycles. The first-order valence-corrected chi connectivity index (χ1v) is 6.65. The first-order valence-electron chi connectivity index (χ1n) is 6.65. The van der Waals surface area contributed by atoms with Gasteiger partial charge in [-0.2, -0.15) is 0 Å². The van der Waals surface area contributed by atoms with Crippen molar-refractivity contribution in [3.63, 3.8) is 0 Å². The van der Waals surface area contributed by atoms with Gasteiger partial charge in [-0.05, 0) is 48.4 Å². The van der Waals surface area contributed by atoms with Crippen molar-refractivity contribution >= 4 is 5.82 Å². The van der Waals surface area contributed by atoms with Crippen molar-refractivity contribution in [3.05, 3.63) is 58.8 Å². The molecule has 1 aromatic carbocycles. The van der Waals surface area contributed by atoms with Crippen LogP contribution in [0.5, 0.6) is 0 Å². The van der Waals surface area contributed by atoms with Crippen LogP contribution in [0.15, 0.2) is 36.5 Å². The number of aliphatic hydroxyl groups is 1. The molecular formula is C16H18N2O. The molecule has 19 heavy (non-hydrogen) atoms. The second-order valence-electron chi connectivity index (χ2n) is 5.27. The number of aryl methyl sites for hydroxylation is 1. The molecule has 0 radical (unpaired) electrons. The van der Waals surface area contributed by atoms with Gasteiger partial charge in [0.1, 0.15) is 11.9 Å². The topological polar surface area (TPSA) is 59.1 Å². The smallest absolute Gasteiger partial charge is 0.129 e. The van der Waals surface area contributed by atoms with Crippen molar-refractivity contribution in [1.29, 1.82) is 0 Å². The van der Waals surface area contributed by atoms with Gasteiger partial charge < -0.3 is 10.8 Å². The Kier molecular flexibility index (Phi) is 2.99. The van der Waals surface area contributed by atoms with Gasteiger partial charge in [0.05, 0.1) is 0 Å². The number of nitrogen functional groups attached to an aromatic ring is 1. The lowest BCUT2D eigenvalue weighted by Crippen LogP contribution is -2.07. The van der Waals surface area contributed by atoms with Gasteiger partial charge in [0.15, 0.2) is 0 Å². The molecule has 3 heteroatoms. The molecule has 1 aromatic heterocycles. The van der Waals surface area contributed by atoms with Crippen LogP contribution in [0.4, 0.5) is 5.82 Å². The lowest BCUT2D eigenvalue weighted by molar-refractivity contribution is 0.220. The van der Waals surface area contributed by atoms with Crippen molar-refractivity contribution in [1.82, 2.24) is 4.98 Å². The summed E-state index contributed by atoms with van der Waals surface area (Å²) in [6.45, 7) is 1.94. The quantitative estimate of drug-likeness (QED) is 0.885. The van der Waals surface area contributed by atoms with Gasteiger partial charge in [0, 0.05) is 11.8 Å². The fourth-order valence-corrected chi connectivity index (χ4v) is 2.48.